The van der Waals surface area contributed by atoms with Crippen molar-refractivity contribution in [3.05, 3.63) is 42.6 Å². The second-order valence-electron chi connectivity index (χ2n) is 6.89. The highest BCUT2D eigenvalue weighted by Crippen LogP contribution is 2.41. The van der Waals surface area contributed by atoms with Gasteiger partial charge in [-0.3, -0.25) is 4.90 Å². The standard InChI is InChI=1S/C18H24N4O/c1-3-16(23-14-1)15-21-10-4-18(5-11-21)6-12-22(13-7-18)17-19-8-2-9-20-17/h1-3,8-9,14H,4-7,10-13,15H2. The van der Waals surface area contributed by atoms with E-state index < -0.39 is 0 Å². The molecule has 2 saturated heterocycles. The summed E-state index contributed by atoms with van der Waals surface area (Å²) < 4.78 is 5.47. The first-order valence-electron chi connectivity index (χ1n) is 8.60. The molecule has 0 aliphatic carbocycles. The maximum Gasteiger partial charge on any atom is 0.225 e. The third kappa shape index (κ3) is 3.24. The molecule has 122 valence electrons. The fraction of sp³-hybridized carbons (Fsp3) is 0.556. The molecule has 2 aliphatic heterocycles. The van der Waals surface area contributed by atoms with Gasteiger partial charge in [0.2, 0.25) is 5.95 Å². The summed E-state index contributed by atoms with van der Waals surface area (Å²) in [4.78, 5) is 13.6. The number of piperidine rings is 2. The van der Waals surface area contributed by atoms with E-state index in [2.05, 4.69) is 25.8 Å². The zero-order valence-corrected chi connectivity index (χ0v) is 13.5. The lowest BCUT2D eigenvalue weighted by Crippen LogP contribution is -2.47. The number of hydrogen-bond donors (Lipinski definition) is 0. The van der Waals surface area contributed by atoms with Crippen molar-refractivity contribution in [2.75, 3.05) is 31.1 Å². The van der Waals surface area contributed by atoms with Gasteiger partial charge in [-0.2, -0.15) is 0 Å². The Hall–Kier alpha value is -1.88. The summed E-state index contributed by atoms with van der Waals surface area (Å²) in [6.07, 6.45) is 10.6. The van der Waals surface area contributed by atoms with Crippen LogP contribution in [0.4, 0.5) is 5.95 Å². The molecule has 2 fully saturated rings. The van der Waals surface area contributed by atoms with Gasteiger partial charge in [0.05, 0.1) is 12.8 Å². The number of rotatable bonds is 3. The Morgan fingerprint density at radius 1 is 0.957 bits per heavy atom. The molecule has 23 heavy (non-hydrogen) atoms. The molecule has 0 aromatic carbocycles. The zero-order chi connectivity index (χ0) is 15.5. The Kier molecular flexibility index (Phi) is 4.04. The van der Waals surface area contributed by atoms with Gasteiger partial charge in [0, 0.05) is 25.5 Å². The molecule has 2 aromatic rings. The lowest BCUT2D eigenvalue weighted by Gasteiger charge is -2.46. The van der Waals surface area contributed by atoms with Crippen LogP contribution < -0.4 is 4.90 Å². The Labute approximate surface area is 137 Å². The van der Waals surface area contributed by atoms with E-state index in [1.54, 1.807) is 6.26 Å². The van der Waals surface area contributed by atoms with Crippen molar-refractivity contribution in [3.8, 4) is 0 Å². The van der Waals surface area contributed by atoms with Crippen molar-refractivity contribution in [1.82, 2.24) is 14.9 Å². The molecule has 4 rings (SSSR count). The molecule has 0 N–H and O–H groups in total. The van der Waals surface area contributed by atoms with Crippen molar-refractivity contribution in [2.45, 2.75) is 32.2 Å². The lowest BCUT2D eigenvalue weighted by molar-refractivity contribution is 0.0718. The van der Waals surface area contributed by atoms with Crippen molar-refractivity contribution in [3.63, 3.8) is 0 Å². The molecule has 0 amide bonds. The quantitative estimate of drug-likeness (QED) is 0.872. The fourth-order valence-electron chi connectivity index (χ4n) is 3.94. The van der Waals surface area contributed by atoms with Crippen molar-refractivity contribution >= 4 is 5.95 Å². The summed E-state index contributed by atoms with van der Waals surface area (Å²) in [5.41, 5.74) is 0.533. The van der Waals surface area contributed by atoms with Crippen LogP contribution in [-0.4, -0.2) is 41.0 Å². The predicted molar refractivity (Wildman–Crippen MR) is 89.1 cm³/mol. The third-order valence-electron chi connectivity index (χ3n) is 5.54. The summed E-state index contributed by atoms with van der Waals surface area (Å²) in [6, 6.07) is 5.93. The largest absolute Gasteiger partial charge is 0.468 e. The van der Waals surface area contributed by atoms with E-state index in [1.807, 2.05) is 24.5 Å². The van der Waals surface area contributed by atoms with Gasteiger partial charge in [-0.05, 0) is 62.4 Å². The highest BCUT2D eigenvalue weighted by molar-refractivity contribution is 5.29. The minimum absolute atomic E-state index is 0.533. The molecule has 2 aliphatic rings. The number of furan rings is 1. The first-order valence-corrected chi connectivity index (χ1v) is 8.60. The van der Waals surface area contributed by atoms with Crippen LogP contribution in [0.25, 0.3) is 0 Å². The Morgan fingerprint density at radius 2 is 1.65 bits per heavy atom. The minimum Gasteiger partial charge on any atom is -0.468 e. The minimum atomic E-state index is 0.533. The van der Waals surface area contributed by atoms with E-state index in [0.717, 1.165) is 31.3 Å². The monoisotopic (exact) mass is 312 g/mol. The van der Waals surface area contributed by atoms with Gasteiger partial charge >= 0.3 is 0 Å². The van der Waals surface area contributed by atoms with E-state index in [9.17, 15) is 0 Å². The van der Waals surface area contributed by atoms with Gasteiger partial charge < -0.3 is 9.32 Å². The SMILES string of the molecule is c1cnc(N2CCC3(CCN(Cc4ccco4)CC3)CC2)nc1. The Balaban J connectivity index is 1.30. The average molecular weight is 312 g/mol. The van der Waals surface area contributed by atoms with Gasteiger partial charge in [-0.1, -0.05) is 0 Å². The molecular weight excluding hydrogens is 288 g/mol. The lowest BCUT2D eigenvalue weighted by atomic mass is 9.71. The summed E-state index contributed by atoms with van der Waals surface area (Å²) in [6.45, 7) is 5.49. The second kappa shape index (κ2) is 6.32. The zero-order valence-electron chi connectivity index (χ0n) is 13.5. The fourth-order valence-corrected chi connectivity index (χ4v) is 3.94. The molecule has 4 heterocycles. The number of hydrogen-bond acceptors (Lipinski definition) is 5. The van der Waals surface area contributed by atoms with Crippen LogP contribution in [0.2, 0.25) is 0 Å². The molecule has 1 spiro atoms. The molecular formula is C18H24N4O. The van der Waals surface area contributed by atoms with E-state index in [-0.39, 0.29) is 0 Å². The summed E-state index contributed by atoms with van der Waals surface area (Å²) >= 11 is 0. The first-order chi connectivity index (χ1) is 11.3. The van der Waals surface area contributed by atoms with Gasteiger partial charge in [-0.15, -0.1) is 0 Å². The summed E-state index contributed by atoms with van der Waals surface area (Å²) in [7, 11) is 0. The number of nitrogens with zero attached hydrogens (tertiary/aromatic N) is 4. The summed E-state index contributed by atoms with van der Waals surface area (Å²) in [5.74, 6) is 1.97. The van der Waals surface area contributed by atoms with Crippen LogP contribution in [0.3, 0.4) is 0 Å². The smallest absolute Gasteiger partial charge is 0.225 e. The van der Waals surface area contributed by atoms with Crippen LogP contribution in [0.5, 0.6) is 0 Å². The molecule has 0 saturated carbocycles. The van der Waals surface area contributed by atoms with Crippen LogP contribution in [0.15, 0.2) is 41.3 Å². The van der Waals surface area contributed by atoms with Crippen molar-refractivity contribution < 1.29 is 4.42 Å². The van der Waals surface area contributed by atoms with Crippen molar-refractivity contribution in [1.29, 1.82) is 0 Å². The molecule has 0 atom stereocenters. The van der Waals surface area contributed by atoms with E-state index in [1.165, 1.54) is 38.8 Å². The molecule has 0 unspecified atom stereocenters. The van der Waals surface area contributed by atoms with Gasteiger partial charge in [0.15, 0.2) is 0 Å². The maximum absolute atomic E-state index is 5.47. The van der Waals surface area contributed by atoms with E-state index in [0.29, 0.717) is 5.41 Å². The summed E-state index contributed by atoms with van der Waals surface area (Å²) in [5, 5.41) is 0. The predicted octanol–water partition coefficient (Wildman–Crippen LogP) is 2.95. The Morgan fingerprint density at radius 3 is 2.30 bits per heavy atom. The molecule has 0 radical (unpaired) electrons. The van der Waals surface area contributed by atoms with Crippen LogP contribution in [0, 0.1) is 5.41 Å². The van der Waals surface area contributed by atoms with E-state index >= 15 is 0 Å². The number of anilines is 1. The van der Waals surface area contributed by atoms with Crippen LogP contribution in [0.1, 0.15) is 31.4 Å². The normalized spacial score (nSPS) is 21.7. The highest BCUT2D eigenvalue weighted by atomic mass is 16.3. The molecule has 5 nitrogen and oxygen atoms in total. The first kappa shape index (κ1) is 14.7. The maximum atomic E-state index is 5.47. The average Bonchev–Trinajstić information content (AvgIpc) is 3.12. The molecule has 2 aromatic heterocycles. The van der Waals surface area contributed by atoms with Crippen LogP contribution >= 0.6 is 0 Å². The van der Waals surface area contributed by atoms with E-state index in [4.69, 9.17) is 4.42 Å². The second-order valence-corrected chi connectivity index (χ2v) is 6.89. The Bertz CT molecular complexity index is 595. The number of likely N-dealkylation sites (tertiary alicyclic amines) is 1. The van der Waals surface area contributed by atoms with Crippen LogP contribution in [-0.2, 0) is 6.54 Å². The number of aromatic nitrogens is 2. The third-order valence-corrected chi connectivity index (χ3v) is 5.54. The van der Waals surface area contributed by atoms with Gasteiger partial charge in [0.1, 0.15) is 5.76 Å². The van der Waals surface area contributed by atoms with Gasteiger partial charge in [-0.25, -0.2) is 9.97 Å². The molecule has 5 heteroatoms. The van der Waals surface area contributed by atoms with Crippen molar-refractivity contribution in [2.24, 2.45) is 5.41 Å². The highest BCUT2D eigenvalue weighted by Gasteiger charge is 2.38. The molecule has 0 bridgehead atoms. The van der Waals surface area contributed by atoms with Gasteiger partial charge in [0.25, 0.3) is 0 Å². The topological polar surface area (TPSA) is 45.4 Å².